The summed E-state index contributed by atoms with van der Waals surface area (Å²) in [6, 6.07) is 8.85. The summed E-state index contributed by atoms with van der Waals surface area (Å²) < 4.78 is 43.9. The predicted octanol–water partition coefficient (Wildman–Crippen LogP) is 4.31. The van der Waals surface area contributed by atoms with Crippen molar-refractivity contribution in [2.75, 3.05) is 25.6 Å². The average Bonchev–Trinajstić information content (AvgIpc) is 3.02. The van der Waals surface area contributed by atoms with Crippen molar-refractivity contribution in [1.29, 1.82) is 0 Å². The maximum Gasteiger partial charge on any atom is 0.416 e. The highest BCUT2D eigenvalue weighted by molar-refractivity contribution is 5.94. The fourth-order valence-corrected chi connectivity index (χ4v) is 2.51. The highest BCUT2D eigenvalue weighted by atomic mass is 19.4. The van der Waals surface area contributed by atoms with Gasteiger partial charge in [0.15, 0.2) is 0 Å². The summed E-state index contributed by atoms with van der Waals surface area (Å²) >= 11 is 0. The molecule has 0 aliphatic heterocycles. The first-order valence-electron chi connectivity index (χ1n) is 7.37. The number of aromatic amines is 1. The largest absolute Gasteiger partial charge is 0.416 e. The van der Waals surface area contributed by atoms with E-state index in [0.29, 0.717) is 35.7 Å². The van der Waals surface area contributed by atoms with Gasteiger partial charge in [-0.3, -0.25) is 0 Å². The highest BCUT2D eigenvalue weighted by Gasteiger charge is 2.30. The molecule has 0 unspecified atom stereocenters. The normalized spacial score (nSPS) is 11.8. The van der Waals surface area contributed by atoms with Crippen LogP contribution in [-0.4, -0.2) is 30.2 Å². The number of pyridine rings is 1. The Labute approximate surface area is 136 Å². The van der Waals surface area contributed by atoms with Gasteiger partial charge in [0.25, 0.3) is 0 Å². The van der Waals surface area contributed by atoms with Crippen LogP contribution in [0.1, 0.15) is 5.56 Å². The van der Waals surface area contributed by atoms with Gasteiger partial charge in [-0.15, -0.1) is 0 Å². The van der Waals surface area contributed by atoms with Crippen LogP contribution in [0.15, 0.2) is 42.6 Å². The van der Waals surface area contributed by atoms with E-state index in [0.717, 1.165) is 17.5 Å². The first-order chi connectivity index (χ1) is 11.5. The second-order valence-electron chi connectivity index (χ2n) is 5.29. The molecule has 4 nitrogen and oxygen atoms in total. The van der Waals surface area contributed by atoms with Crippen molar-refractivity contribution >= 4 is 16.9 Å². The van der Waals surface area contributed by atoms with Crippen molar-refractivity contribution in [1.82, 2.24) is 9.97 Å². The van der Waals surface area contributed by atoms with Crippen LogP contribution < -0.4 is 5.32 Å². The molecule has 7 heteroatoms. The quantitative estimate of drug-likeness (QED) is 0.683. The molecule has 1 aromatic carbocycles. The molecule has 0 atom stereocenters. The number of nitrogens with one attached hydrogen (secondary N) is 2. The Morgan fingerprint density at radius 1 is 1.21 bits per heavy atom. The smallest absolute Gasteiger partial charge is 0.383 e. The number of methoxy groups -OCH3 is 1. The molecule has 0 fully saturated rings. The number of hydrogen-bond acceptors (Lipinski definition) is 3. The van der Waals surface area contributed by atoms with E-state index in [1.165, 1.54) is 6.07 Å². The van der Waals surface area contributed by atoms with E-state index < -0.39 is 11.7 Å². The van der Waals surface area contributed by atoms with Gasteiger partial charge in [-0.1, -0.05) is 12.1 Å². The topological polar surface area (TPSA) is 49.9 Å². The lowest BCUT2D eigenvalue weighted by molar-refractivity contribution is -0.137. The summed E-state index contributed by atoms with van der Waals surface area (Å²) in [5, 5.41) is 3.87. The predicted molar refractivity (Wildman–Crippen MR) is 86.9 cm³/mol. The van der Waals surface area contributed by atoms with E-state index in [9.17, 15) is 13.2 Å². The van der Waals surface area contributed by atoms with Crippen LogP contribution in [0, 0.1) is 0 Å². The van der Waals surface area contributed by atoms with Gasteiger partial charge in [-0.2, -0.15) is 13.2 Å². The Morgan fingerprint density at radius 2 is 2.04 bits per heavy atom. The van der Waals surface area contributed by atoms with E-state index in [-0.39, 0.29) is 0 Å². The third-order valence-corrected chi connectivity index (χ3v) is 3.64. The van der Waals surface area contributed by atoms with Crippen molar-refractivity contribution in [3.8, 4) is 11.1 Å². The molecule has 0 saturated carbocycles. The Hall–Kier alpha value is -2.54. The molecule has 24 heavy (non-hydrogen) atoms. The van der Waals surface area contributed by atoms with Crippen molar-refractivity contribution in [2.24, 2.45) is 0 Å². The summed E-state index contributed by atoms with van der Waals surface area (Å²) in [5.41, 5.74) is 1.12. The summed E-state index contributed by atoms with van der Waals surface area (Å²) in [5.74, 6) is 0.578. The van der Waals surface area contributed by atoms with Crippen molar-refractivity contribution < 1.29 is 17.9 Å². The molecule has 0 aliphatic carbocycles. The molecule has 0 spiro atoms. The molecule has 0 bridgehead atoms. The summed E-state index contributed by atoms with van der Waals surface area (Å²) in [6.07, 6.45) is -2.66. The molecule has 0 aliphatic rings. The fraction of sp³-hybridized carbons (Fsp3) is 0.235. The number of fused-ring (bicyclic) bond motifs is 1. The Bertz CT molecular complexity index is 842. The van der Waals surface area contributed by atoms with Gasteiger partial charge < -0.3 is 15.0 Å². The second kappa shape index (κ2) is 6.52. The molecule has 3 rings (SSSR count). The molecule has 3 aromatic rings. The second-order valence-corrected chi connectivity index (χ2v) is 5.29. The number of nitrogens with zero attached hydrogens (tertiary/aromatic N) is 1. The van der Waals surface area contributed by atoms with E-state index in [2.05, 4.69) is 15.3 Å². The third-order valence-electron chi connectivity index (χ3n) is 3.64. The molecule has 2 aromatic heterocycles. The van der Waals surface area contributed by atoms with Crippen molar-refractivity contribution in [3.63, 3.8) is 0 Å². The van der Waals surface area contributed by atoms with Crippen LogP contribution in [0.25, 0.3) is 22.2 Å². The molecular formula is C17H16F3N3O. The zero-order valence-corrected chi connectivity index (χ0v) is 12.9. The van der Waals surface area contributed by atoms with Crippen LogP contribution >= 0.6 is 0 Å². The number of benzene rings is 1. The molecule has 0 amide bonds. The van der Waals surface area contributed by atoms with Gasteiger partial charge in [0, 0.05) is 25.2 Å². The number of alkyl halides is 3. The third kappa shape index (κ3) is 3.35. The zero-order valence-electron chi connectivity index (χ0n) is 12.9. The summed E-state index contributed by atoms with van der Waals surface area (Å²) in [6.45, 7) is 1.06. The first-order valence-corrected chi connectivity index (χ1v) is 7.37. The standard InChI is InChI=1S/C17H16F3N3O/c1-24-8-7-21-15-10-14(13-5-6-22-16(13)23-15)11-3-2-4-12(9-11)17(18,19)20/h2-6,9-10H,7-8H2,1H3,(H2,21,22,23). The van der Waals surface area contributed by atoms with Crippen LogP contribution in [0.3, 0.4) is 0 Å². The SMILES string of the molecule is COCCNc1cc(-c2cccc(C(F)(F)F)c2)c2cc[nH]c2n1. The number of halogens is 3. The maximum atomic E-state index is 13.0. The van der Waals surface area contributed by atoms with Gasteiger partial charge in [-0.05, 0) is 35.4 Å². The Morgan fingerprint density at radius 3 is 2.79 bits per heavy atom. The van der Waals surface area contributed by atoms with Gasteiger partial charge in [-0.25, -0.2) is 4.98 Å². The van der Waals surface area contributed by atoms with Crippen LogP contribution in [0.4, 0.5) is 19.0 Å². The number of rotatable bonds is 5. The van der Waals surface area contributed by atoms with Crippen LogP contribution in [-0.2, 0) is 10.9 Å². The number of H-pyrrole nitrogens is 1. The maximum absolute atomic E-state index is 13.0. The number of aromatic nitrogens is 2. The summed E-state index contributed by atoms with van der Waals surface area (Å²) in [4.78, 5) is 7.42. The minimum Gasteiger partial charge on any atom is -0.383 e. The number of hydrogen-bond donors (Lipinski definition) is 2. The number of ether oxygens (including phenoxy) is 1. The van der Waals surface area contributed by atoms with Crippen molar-refractivity contribution in [2.45, 2.75) is 6.18 Å². The molecular weight excluding hydrogens is 319 g/mol. The molecule has 2 N–H and O–H groups in total. The van der Waals surface area contributed by atoms with E-state index in [1.54, 1.807) is 31.5 Å². The van der Waals surface area contributed by atoms with Gasteiger partial charge in [0.1, 0.15) is 11.5 Å². The zero-order chi connectivity index (χ0) is 17.2. The van der Waals surface area contributed by atoms with Crippen molar-refractivity contribution in [3.05, 3.63) is 48.2 Å². The molecule has 0 saturated heterocycles. The van der Waals surface area contributed by atoms with Gasteiger partial charge in [0.2, 0.25) is 0 Å². The average molecular weight is 335 g/mol. The minimum absolute atomic E-state index is 0.492. The molecule has 126 valence electrons. The lowest BCUT2D eigenvalue weighted by Gasteiger charge is -2.12. The van der Waals surface area contributed by atoms with Gasteiger partial charge in [0.05, 0.1) is 12.2 Å². The Balaban J connectivity index is 2.06. The fourth-order valence-electron chi connectivity index (χ4n) is 2.51. The monoisotopic (exact) mass is 335 g/mol. The summed E-state index contributed by atoms with van der Waals surface area (Å²) in [7, 11) is 1.59. The van der Waals surface area contributed by atoms with E-state index >= 15 is 0 Å². The lowest BCUT2D eigenvalue weighted by Crippen LogP contribution is -2.09. The Kier molecular flexibility index (Phi) is 4.44. The van der Waals surface area contributed by atoms with Crippen LogP contribution in [0.2, 0.25) is 0 Å². The number of anilines is 1. The van der Waals surface area contributed by atoms with Gasteiger partial charge >= 0.3 is 6.18 Å². The molecule has 0 radical (unpaired) electrons. The van der Waals surface area contributed by atoms with E-state index in [1.807, 2.05) is 0 Å². The van der Waals surface area contributed by atoms with Crippen LogP contribution in [0.5, 0.6) is 0 Å². The lowest BCUT2D eigenvalue weighted by atomic mass is 10.0. The minimum atomic E-state index is -4.38. The highest BCUT2D eigenvalue weighted by Crippen LogP contribution is 2.35. The molecule has 2 heterocycles. The van der Waals surface area contributed by atoms with E-state index in [4.69, 9.17) is 4.74 Å². The first kappa shape index (κ1) is 16.3.